The molecule has 0 aromatic carbocycles. The Morgan fingerprint density at radius 1 is 0.870 bits per heavy atom. The van der Waals surface area contributed by atoms with Gasteiger partial charge in [0.05, 0.1) is 13.2 Å². The van der Waals surface area contributed by atoms with Crippen molar-refractivity contribution in [3.8, 4) is 0 Å². The molecule has 2 aliphatic carbocycles. The van der Waals surface area contributed by atoms with Crippen molar-refractivity contribution in [2.24, 2.45) is 17.8 Å². The molecule has 2 saturated heterocycles. The molecule has 2 bridgehead atoms. The van der Waals surface area contributed by atoms with E-state index in [4.69, 9.17) is 4.74 Å². The molecule has 23 heavy (non-hydrogen) atoms. The van der Waals surface area contributed by atoms with Crippen LogP contribution in [-0.2, 0) is 14.3 Å². The molecule has 2 heterocycles. The fourth-order valence-electron chi connectivity index (χ4n) is 5.21. The Kier molecular flexibility index (Phi) is 4.31. The van der Waals surface area contributed by atoms with E-state index in [1.165, 1.54) is 19.3 Å². The summed E-state index contributed by atoms with van der Waals surface area (Å²) < 4.78 is 5.35. The molecule has 5 nitrogen and oxygen atoms in total. The molecule has 4 aliphatic rings. The highest BCUT2D eigenvalue weighted by Gasteiger charge is 2.46. The first-order valence-corrected chi connectivity index (χ1v) is 9.41. The van der Waals surface area contributed by atoms with Gasteiger partial charge < -0.3 is 14.5 Å². The van der Waals surface area contributed by atoms with Crippen molar-refractivity contribution in [1.82, 2.24) is 9.80 Å². The Morgan fingerprint density at radius 3 is 2.39 bits per heavy atom. The van der Waals surface area contributed by atoms with Crippen molar-refractivity contribution in [3.05, 3.63) is 0 Å². The third-order valence-corrected chi connectivity index (χ3v) is 6.45. The normalized spacial score (nSPS) is 37.2. The predicted octanol–water partition coefficient (Wildman–Crippen LogP) is 1.66. The highest BCUT2D eigenvalue weighted by molar-refractivity contribution is 5.89. The minimum Gasteiger partial charge on any atom is -0.378 e. The van der Waals surface area contributed by atoms with Crippen LogP contribution < -0.4 is 0 Å². The zero-order valence-electron chi connectivity index (χ0n) is 13.9. The van der Waals surface area contributed by atoms with Gasteiger partial charge in [-0.3, -0.25) is 9.59 Å². The van der Waals surface area contributed by atoms with Crippen LogP contribution in [0.4, 0.5) is 0 Å². The highest BCUT2D eigenvalue weighted by atomic mass is 16.5. The average Bonchev–Trinajstić information content (AvgIpc) is 3.24. The second-order valence-electron chi connectivity index (χ2n) is 7.76. The molecule has 5 heteroatoms. The average molecular weight is 320 g/mol. The summed E-state index contributed by atoms with van der Waals surface area (Å²) in [5.41, 5.74) is 0. The topological polar surface area (TPSA) is 49.9 Å². The third kappa shape index (κ3) is 2.88. The number of likely N-dealkylation sites (tertiary alicyclic amines) is 1. The van der Waals surface area contributed by atoms with Crippen molar-refractivity contribution >= 4 is 11.8 Å². The van der Waals surface area contributed by atoms with E-state index in [1.807, 2.05) is 9.80 Å². The Bertz CT molecular complexity index is 475. The van der Waals surface area contributed by atoms with Crippen LogP contribution in [0.1, 0.15) is 44.9 Å². The lowest BCUT2D eigenvalue weighted by Gasteiger charge is -2.40. The maximum absolute atomic E-state index is 13.1. The van der Waals surface area contributed by atoms with E-state index in [1.54, 1.807) is 0 Å². The number of morpholine rings is 1. The number of rotatable bonds is 2. The maximum Gasteiger partial charge on any atom is 0.245 e. The lowest BCUT2D eigenvalue weighted by Crippen LogP contribution is -2.56. The first-order chi connectivity index (χ1) is 11.2. The number of piperidine rings is 1. The smallest absolute Gasteiger partial charge is 0.245 e. The van der Waals surface area contributed by atoms with Gasteiger partial charge in [0, 0.05) is 25.6 Å². The van der Waals surface area contributed by atoms with E-state index in [2.05, 4.69) is 0 Å². The van der Waals surface area contributed by atoms with Crippen LogP contribution in [0.3, 0.4) is 0 Å². The molecular formula is C18H28N2O3. The molecule has 0 unspecified atom stereocenters. The van der Waals surface area contributed by atoms with Crippen molar-refractivity contribution in [3.63, 3.8) is 0 Å². The van der Waals surface area contributed by atoms with Crippen molar-refractivity contribution in [1.29, 1.82) is 0 Å². The molecular weight excluding hydrogens is 292 g/mol. The molecule has 2 saturated carbocycles. The van der Waals surface area contributed by atoms with Gasteiger partial charge in [-0.1, -0.05) is 6.42 Å². The molecule has 2 amide bonds. The van der Waals surface area contributed by atoms with Gasteiger partial charge in [0.1, 0.15) is 6.04 Å². The van der Waals surface area contributed by atoms with E-state index in [0.717, 1.165) is 38.1 Å². The number of carbonyl (C=O) groups excluding carboxylic acids is 2. The van der Waals surface area contributed by atoms with Crippen LogP contribution in [0.2, 0.25) is 0 Å². The van der Waals surface area contributed by atoms with Gasteiger partial charge in [-0.15, -0.1) is 0 Å². The van der Waals surface area contributed by atoms with Crippen LogP contribution in [0, 0.1) is 17.8 Å². The fraction of sp³-hybridized carbons (Fsp3) is 0.889. The number of nitrogens with zero attached hydrogens (tertiary/aromatic N) is 2. The molecule has 0 aromatic rings. The van der Waals surface area contributed by atoms with Gasteiger partial charge in [-0.2, -0.15) is 0 Å². The molecule has 4 fully saturated rings. The zero-order valence-corrected chi connectivity index (χ0v) is 13.9. The van der Waals surface area contributed by atoms with Crippen LogP contribution in [0.25, 0.3) is 0 Å². The molecule has 4 atom stereocenters. The summed E-state index contributed by atoms with van der Waals surface area (Å²) in [5, 5.41) is 0. The molecule has 2 aliphatic heterocycles. The second-order valence-corrected chi connectivity index (χ2v) is 7.76. The standard InChI is InChI=1S/C18H28N2O3/c21-17(15-12-13-4-5-14(15)11-13)20-6-2-1-3-16(20)18(22)19-7-9-23-10-8-19/h13-16H,1-12H2/t13-,14-,15-,16+/m0/s1. The van der Waals surface area contributed by atoms with Gasteiger partial charge >= 0.3 is 0 Å². The number of hydrogen-bond donors (Lipinski definition) is 0. The number of hydrogen-bond acceptors (Lipinski definition) is 3. The first-order valence-electron chi connectivity index (χ1n) is 9.41. The van der Waals surface area contributed by atoms with Gasteiger partial charge in [-0.25, -0.2) is 0 Å². The Morgan fingerprint density at radius 2 is 1.70 bits per heavy atom. The van der Waals surface area contributed by atoms with Crippen molar-refractivity contribution in [2.75, 3.05) is 32.8 Å². The molecule has 0 N–H and O–H groups in total. The number of fused-ring (bicyclic) bond motifs is 2. The number of amides is 2. The summed E-state index contributed by atoms with van der Waals surface area (Å²) >= 11 is 0. The largest absolute Gasteiger partial charge is 0.378 e. The van der Waals surface area contributed by atoms with Crippen LogP contribution in [-0.4, -0.2) is 60.5 Å². The monoisotopic (exact) mass is 320 g/mol. The summed E-state index contributed by atoms with van der Waals surface area (Å²) in [6, 6.07) is -0.214. The summed E-state index contributed by atoms with van der Waals surface area (Å²) in [6.45, 7) is 3.36. The second kappa shape index (κ2) is 6.42. The van der Waals surface area contributed by atoms with Gasteiger partial charge in [0.15, 0.2) is 0 Å². The lowest BCUT2D eigenvalue weighted by molar-refractivity contribution is -0.153. The third-order valence-electron chi connectivity index (χ3n) is 6.45. The van der Waals surface area contributed by atoms with Crippen LogP contribution in [0.5, 0.6) is 0 Å². The maximum atomic E-state index is 13.1. The number of ether oxygens (including phenoxy) is 1. The fourth-order valence-corrected chi connectivity index (χ4v) is 5.21. The van der Waals surface area contributed by atoms with Gasteiger partial charge in [0.25, 0.3) is 0 Å². The van der Waals surface area contributed by atoms with Crippen molar-refractivity contribution < 1.29 is 14.3 Å². The molecule has 0 radical (unpaired) electrons. The molecule has 0 spiro atoms. The zero-order chi connectivity index (χ0) is 15.8. The molecule has 0 aromatic heterocycles. The summed E-state index contributed by atoms with van der Waals surface area (Å²) in [7, 11) is 0. The summed E-state index contributed by atoms with van der Waals surface area (Å²) in [6.07, 6.45) is 7.77. The van der Waals surface area contributed by atoms with Crippen LogP contribution in [0.15, 0.2) is 0 Å². The van der Waals surface area contributed by atoms with E-state index >= 15 is 0 Å². The lowest BCUT2D eigenvalue weighted by atomic mass is 9.86. The number of carbonyl (C=O) groups is 2. The minimum atomic E-state index is -0.214. The summed E-state index contributed by atoms with van der Waals surface area (Å²) in [4.78, 5) is 29.9. The van der Waals surface area contributed by atoms with E-state index in [9.17, 15) is 9.59 Å². The highest BCUT2D eigenvalue weighted by Crippen LogP contribution is 2.49. The molecule has 4 rings (SSSR count). The first kappa shape index (κ1) is 15.4. The minimum absolute atomic E-state index is 0.157. The van der Waals surface area contributed by atoms with E-state index in [0.29, 0.717) is 32.2 Å². The van der Waals surface area contributed by atoms with Crippen molar-refractivity contribution in [2.45, 2.75) is 51.0 Å². The summed E-state index contributed by atoms with van der Waals surface area (Å²) in [5.74, 6) is 2.00. The van der Waals surface area contributed by atoms with Gasteiger partial charge in [-0.05, 0) is 50.4 Å². The Labute approximate surface area is 138 Å². The Hall–Kier alpha value is -1.10. The van der Waals surface area contributed by atoms with E-state index < -0.39 is 0 Å². The van der Waals surface area contributed by atoms with E-state index in [-0.39, 0.29) is 23.8 Å². The quantitative estimate of drug-likeness (QED) is 0.777. The predicted molar refractivity (Wildman–Crippen MR) is 85.7 cm³/mol. The van der Waals surface area contributed by atoms with Gasteiger partial charge in [0.2, 0.25) is 11.8 Å². The Balaban J connectivity index is 1.46. The van der Waals surface area contributed by atoms with Crippen LogP contribution >= 0.6 is 0 Å². The SMILES string of the molecule is O=C([C@H]1CCCCN1C(=O)[C@H]1C[C@H]2CC[C@H]1C2)N1CCOCC1. The molecule has 128 valence electrons.